The van der Waals surface area contributed by atoms with Gasteiger partial charge in [-0.1, -0.05) is 6.07 Å². The maximum atomic E-state index is 13.3. The molecule has 3 nitrogen and oxygen atoms in total. The molecule has 0 bridgehead atoms. The second-order valence-electron chi connectivity index (χ2n) is 2.68. The van der Waals surface area contributed by atoms with Crippen LogP contribution in [0.2, 0.25) is 0 Å². The Kier molecular flexibility index (Phi) is 2.83. The first-order valence-corrected chi connectivity index (χ1v) is 3.77. The summed E-state index contributed by atoms with van der Waals surface area (Å²) in [4.78, 5) is 0. The second kappa shape index (κ2) is 3.76. The highest BCUT2D eigenvalue weighted by Crippen LogP contribution is 2.32. The Bertz CT molecular complexity index is 397. The third-order valence-electron chi connectivity index (χ3n) is 1.72. The van der Waals surface area contributed by atoms with Crippen molar-refractivity contribution in [2.24, 2.45) is 16.7 Å². The lowest BCUT2D eigenvalue weighted by Gasteiger charge is -2.10. The normalized spacial score (nSPS) is 12.9. The van der Waals surface area contributed by atoms with Gasteiger partial charge in [-0.25, -0.2) is 4.39 Å². The van der Waals surface area contributed by atoms with Gasteiger partial charge in [0.1, 0.15) is 5.82 Å². The molecule has 82 valence electrons. The first kappa shape index (κ1) is 11.3. The van der Waals surface area contributed by atoms with Crippen molar-refractivity contribution in [3.63, 3.8) is 0 Å². The highest BCUT2D eigenvalue weighted by Gasteiger charge is 2.35. The Morgan fingerprint density at radius 1 is 1.27 bits per heavy atom. The van der Waals surface area contributed by atoms with Crippen LogP contribution in [-0.4, -0.2) is 5.84 Å². The zero-order chi connectivity index (χ0) is 11.6. The van der Waals surface area contributed by atoms with E-state index in [0.717, 1.165) is 12.1 Å². The second-order valence-corrected chi connectivity index (χ2v) is 2.68. The van der Waals surface area contributed by atoms with E-state index in [2.05, 4.69) is 5.10 Å². The lowest BCUT2D eigenvalue weighted by atomic mass is 10.1. The topological polar surface area (TPSA) is 64.4 Å². The van der Waals surface area contributed by atoms with Gasteiger partial charge in [0.15, 0.2) is 5.84 Å². The van der Waals surface area contributed by atoms with Crippen molar-refractivity contribution >= 4 is 5.84 Å². The number of hydrazone groups is 1. The van der Waals surface area contributed by atoms with E-state index in [0.29, 0.717) is 6.07 Å². The molecule has 0 fully saturated rings. The molecule has 0 aliphatic heterocycles. The summed E-state index contributed by atoms with van der Waals surface area (Å²) in [6.07, 6.45) is -4.77. The van der Waals surface area contributed by atoms with Gasteiger partial charge in [0, 0.05) is 0 Å². The molecule has 1 rings (SSSR count). The molecular weight excluding hydrogens is 214 g/mol. The fraction of sp³-hybridized carbons (Fsp3) is 0.125. The monoisotopic (exact) mass is 221 g/mol. The largest absolute Gasteiger partial charge is 0.419 e. The van der Waals surface area contributed by atoms with Crippen molar-refractivity contribution in [3.8, 4) is 0 Å². The summed E-state index contributed by atoms with van der Waals surface area (Å²) in [6.45, 7) is 0. The van der Waals surface area contributed by atoms with Gasteiger partial charge in [0.05, 0.1) is 11.1 Å². The molecule has 0 saturated carbocycles. The summed E-state index contributed by atoms with van der Waals surface area (Å²) in [6, 6.07) is 2.71. The average molecular weight is 221 g/mol. The minimum Gasteiger partial charge on any atom is -0.382 e. The highest BCUT2D eigenvalue weighted by molar-refractivity contribution is 5.97. The van der Waals surface area contributed by atoms with Gasteiger partial charge in [-0.15, -0.1) is 0 Å². The number of halogens is 4. The summed E-state index contributed by atoms with van der Waals surface area (Å²) < 4.78 is 50.0. The van der Waals surface area contributed by atoms with Crippen molar-refractivity contribution < 1.29 is 17.6 Å². The SMILES string of the molecule is NN=C(N)c1cccc(C(F)(F)F)c1F. The van der Waals surface area contributed by atoms with Crippen LogP contribution < -0.4 is 11.6 Å². The van der Waals surface area contributed by atoms with E-state index < -0.39 is 29.0 Å². The van der Waals surface area contributed by atoms with Gasteiger partial charge in [-0.05, 0) is 12.1 Å². The Morgan fingerprint density at radius 3 is 2.33 bits per heavy atom. The Labute approximate surface area is 82.4 Å². The third kappa shape index (κ3) is 2.17. The highest BCUT2D eigenvalue weighted by atomic mass is 19.4. The molecule has 1 aromatic rings. The molecule has 1 aromatic carbocycles. The molecule has 0 aliphatic carbocycles. The summed E-state index contributed by atoms with van der Waals surface area (Å²) in [7, 11) is 0. The molecule has 0 spiro atoms. The van der Waals surface area contributed by atoms with E-state index in [4.69, 9.17) is 11.6 Å². The zero-order valence-electron chi connectivity index (χ0n) is 7.35. The standard InChI is InChI=1S/C8H7F4N3/c9-6-4(7(13)15-14)2-1-3-5(6)8(10,11)12/h1-3H,14H2,(H2,13,15). The molecule has 0 radical (unpaired) electrons. The molecule has 0 amide bonds. The van der Waals surface area contributed by atoms with Crippen LogP contribution in [0.3, 0.4) is 0 Å². The molecular formula is C8H7F4N3. The van der Waals surface area contributed by atoms with E-state index in [9.17, 15) is 17.6 Å². The number of hydrogen-bond acceptors (Lipinski definition) is 2. The van der Waals surface area contributed by atoms with Gasteiger partial charge in [0.25, 0.3) is 0 Å². The van der Waals surface area contributed by atoms with Crippen LogP contribution in [0.1, 0.15) is 11.1 Å². The zero-order valence-corrected chi connectivity index (χ0v) is 7.35. The number of rotatable bonds is 1. The van der Waals surface area contributed by atoms with Crippen molar-refractivity contribution in [1.29, 1.82) is 0 Å². The fourth-order valence-corrected chi connectivity index (χ4v) is 1.02. The number of nitrogens with zero attached hydrogens (tertiary/aromatic N) is 1. The van der Waals surface area contributed by atoms with E-state index in [-0.39, 0.29) is 0 Å². The third-order valence-corrected chi connectivity index (χ3v) is 1.72. The van der Waals surface area contributed by atoms with E-state index in [1.807, 2.05) is 0 Å². The Morgan fingerprint density at radius 2 is 1.87 bits per heavy atom. The van der Waals surface area contributed by atoms with Crippen LogP contribution in [0.25, 0.3) is 0 Å². The number of benzene rings is 1. The Hall–Kier alpha value is -1.79. The molecule has 0 aromatic heterocycles. The van der Waals surface area contributed by atoms with Gasteiger partial charge >= 0.3 is 6.18 Å². The van der Waals surface area contributed by atoms with E-state index in [1.54, 1.807) is 0 Å². The summed E-state index contributed by atoms with van der Waals surface area (Å²) in [5, 5.41) is 2.93. The van der Waals surface area contributed by atoms with Crippen molar-refractivity contribution in [2.45, 2.75) is 6.18 Å². The molecule has 0 aliphatic rings. The summed E-state index contributed by atoms with van der Waals surface area (Å²) in [5.74, 6) is 2.78. The van der Waals surface area contributed by atoms with Crippen LogP contribution in [0.4, 0.5) is 17.6 Å². The van der Waals surface area contributed by atoms with Gasteiger partial charge in [-0.3, -0.25) is 0 Å². The molecule has 0 unspecified atom stereocenters. The van der Waals surface area contributed by atoms with Gasteiger partial charge in [0.2, 0.25) is 0 Å². The lowest BCUT2D eigenvalue weighted by Crippen LogP contribution is -2.20. The van der Waals surface area contributed by atoms with Crippen LogP contribution in [0, 0.1) is 5.82 Å². The molecule has 7 heteroatoms. The van der Waals surface area contributed by atoms with E-state index in [1.165, 1.54) is 0 Å². The summed E-state index contributed by atoms with van der Waals surface area (Å²) >= 11 is 0. The van der Waals surface area contributed by atoms with Crippen LogP contribution in [-0.2, 0) is 6.18 Å². The maximum Gasteiger partial charge on any atom is 0.419 e. The molecule has 0 saturated heterocycles. The minimum absolute atomic E-state index is 0.465. The molecule has 0 heterocycles. The molecule has 0 atom stereocenters. The molecule has 4 N–H and O–H groups in total. The van der Waals surface area contributed by atoms with Crippen LogP contribution >= 0.6 is 0 Å². The predicted octanol–water partition coefficient (Wildman–Crippen LogP) is 1.42. The first-order chi connectivity index (χ1) is 6.88. The number of nitrogens with two attached hydrogens (primary N) is 2. The lowest BCUT2D eigenvalue weighted by molar-refractivity contribution is -0.140. The summed E-state index contributed by atoms with van der Waals surface area (Å²) in [5.41, 5.74) is 3.26. The Balaban J connectivity index is 3.36. The predicted molar refractivity (Wildman–Crippen MR) is 46.3 cm³/mol. The van der Waals surface area contributed by atoms with Crippen molar-refractivity contribution in [1.82, 2.24) is 0 Å². The maximum absolute atomic E-state index is 13.3. The number of amidine groups is 1. The average Bonchev–Trinajstić information content (AvgIpc) is 2.15. The molecule has 15 heavy (non-hydrogen) atoms. The minimum atomic E-state index is -4.77. The van der Waals surface area contributed by atoms with Crippen LogP contribution in [0.15, 0.2) is 23.3 Å². The van der Waals surface area contributed by atoms with Gasteiger partial charge in [-0.2, -0.15) is 18.3 Å². The first-order valence-electron chi connectivity index (χ1n) is 3.77. The smallest absolute Gasteiger partial charge is 0.382 e. The van der Waals surface area contributed by atoms with Crippen molar-refractivity contribution in [3.05, 3.63) is 35.1 Å². The quantitative estimate of drug-likeness (QED) is 0.247. The van der Waals surface area contributed by atoms with E-state index >= 15 is 0 Å². The van der Waals surface area contributed by atoms with Crippen LogP contribution in [0.5, 0.6) is 0 Å². The fourth-order valence-electron chi connectivity index (χ4n) is 1.02. The van der Waals surface area contributed by atoms with Crippen molar-refractivity contribution in [2.75, 3.05) is 0 Å². The van der Waals surface area contributed by atoms with Gasteiger partial charge < -0.3 is 11.6 Å². The number of hydrogen-bond donors (Lipinski definition) is 2. The number of alkyl halides is 3.